The Balaban J connectivity index is 2.10. The molecule has 0 atom stereocenters. The zero-order valence-corrected chi connectivity index (χ0v) is 12.2. The molecule has 1 aliphatic carbocycles. The van der Waals surface area contributed by atoms with E-state index in [1.165, 1.54) is 0 Å². The van der Waals surface area contributed by atoms with Crippen LogP contribution in [-0.2, 0) is 14.8 Å². The van der Waals surface area contributed by atoms with Gasteiger partial charge in [0.2, 0.25) is 15.9 Å². The van der Waals surface area contributed by atoms with Crippen LogP contribution in [0.3, 0.4) is 0 Å². The molecule has 3 N–H and O–H groups in total. The van der Waals surface area contributed by atoms with Gasteiger partial charge in [-0.15, -0.1) is 0 Å². The smallest absolute Gasteiger partial charge is 0.238 e. The lowest BCUT2D eigenvalue weighted by molar-refractivity contribution is -0.115. The lowest BCUT2D eigenvalue weighted by Crippen LogP contribution is -2.16. The highest BCUT2D eigenvalue weighted by Crippen LogP contribution is 2.22. The number of carbonyl (C=O) groups excluding carboxylic acids is 1. The van der Waals surface area contributed by atoms with Crippen molar-refractivity contribution in [3.05, 3.63) is 35.7 Å². The number of nitrogens with two attached hydrogens (primary N) is 1. The number of benzene rings is 1. The summed E-state index contributed by atoms with van der Waals surface area (Å²) in [7, 11) is -4.01. The van der Waals surface area contributed by atoms with Gasteiger partial charge in [-0.2, -0.15) is 0 Å². The number of sulfonamides is 1. The molecule has 1 aliphatic rings. The van der Waals surface area contributed by atoms with Gasteiger partial charge in [-0.25, -0.2) is 17.9 Å². The van der Waals surface area contributed by atoms with Crippen molar-refractivity contribution in [2.75, 3.05) is 5.32 Å². The Labute approximate surface area is 123 Å². The fourth-order valence-electron chi connectivity index (χ4n) is 2.28. The standard InChI is InChI=1S/C14H17FN2O3S/c15-11-7-12(9-13(8-11)21(16,19)20)17-14(18)6-10-4-2-1-3-5-10/h4,7-9H,1-3,5-6H2,(H,17,18)(H2,16,19,20). The van der Waals surface area contributed by atoms with Crippen LogP contribution >= 0.6 is 0 Å². The van der Waals surface area contributed by atoms with Gasteiger partial charge in [-0.1, -0.05) is 11.6 Å². The molecule has 0 unspecified atom stereocenters. The molecule has 1 aromatic carbocycles. The van der Waals surface area contributed by atoms with Crippen LogP contribution in [0.15, 0.2) is 34.7 Å². The topological polar surface area (TPSA) is 89.3 Å². The number of allylic oxidation sites excluding steroid dienone is 1. The molecule has 0 saturated heterocycles. The van der Waals surface area contributed by atoms with Gasteiger partial charge in [0, 0.05) is 12.1 Å². The van der Waals surface area contributed by atoms with Crippen LogP contribution < -0.4 is 10.5 Å². The van der Waals surface area contributed by atoms with E-state index in [-0.39, 0.29) is 22.9 Å². The zero-order chi connectivity index (χ0) is 15.5. The summed E-state index contributed by atoms with van der Waals surface area (Å²) in [6.07, 6.45) is 6.34. The summed E-state index contributed by atoms with van der Waals surface area (Å²) in [6, 6.07) is 3.02. The quantitative estimate of drug-likeness (QED) is 0.836. The molecule has 21 heavy (non-hydrogen) atoms. The molecule has 2 rings (SSSR count). The van der Waals surface area contributed by atoms with Crippen LogP contribution in [0.1, 0.15) is 32.1 Å². The number of primary sulfonamides is 1. The molecule has 0 aromatic heterocycles. The maximum atomic E-state index is 13.4. The van der Waals surface area contributed by atoms with Crippen molar-refractivity contribution in [3.8, 4) is 0 Å². The van der Waals surface area contributed by atoms with E-state index in [1.54, 1.807) is 0 Å². The highest BCUT2D eigenvalue weighted by Gasteiger charge is 2.13. The van der Waals surface area contributed by atoms with E-state index in [0.717, 1.165) is 49.5 Å². The average molecular weight is 312 g/mol. The maximum absolute atomic E-state index is 13.4. The molecule has 0 aliphatic heterocycles. The first kappa shape index (κ1) is 15.7. The monoisotopic (exact) mass is 312 g/mol. The minimum absolute atomic E-state index is 0.0837. The van der Waals surface area contributed by atoms with E-state index in [0.29, 0.717) is 0 Å². The Bertz CT molecular complexity index is 683. The molecular formula is C14H17FN2O3S. The molecule has 0 saturated carbocycles. The molecule has 114 valence electrons. The van der Waals surface area contributed by atoms with E-state index in [9.17, 15) is 17.6 Å². The van der Waals surface area contributed by atoms with Gasteiger partial charge in [-0.3, -0.25) is 4.79 Å². The van der Waals surface area contributed by atoms with Crippen molar-refractivity contribution >= 4 is 21.6 Å². The minimum Gasteiger partial charge on any atom is -0.326 e. The fraction of sp³-hybridized carbons (Fsp3) is 0.357. The van der Waals surface area contributed by atoms with Crippen LogP contribution in [0, 0.1) is 5.82 Å². The first-order chi connectivity index (χ1) is 9.84. The average Bonchev–Trinajstić information content (AvgIpc) is 2.37. The summed E-state index contributed by atoms with van der Waals surface area (Å²) < 4.78 is 35.8. The maximum Gasteiger partial charge on any atom is 0.238 e. The number of rotatable bonds is 4. The van der Waals surface area contributed by atoms with Crippen molar-refractivity contribution in [2.45, 2.75) is 37.0 Å². The zero-order valence-electron chi connectivity index (χ0n) is 11.4. The Morgan fingerprint density at radius 2 is 2.05 bits per heavy atom. The largest absolute Gasteiger partial charge is 0.326 e. The minimum atomic E-state index is -4.01. The second-order valence-electron chi connectivity index (χ2n) is 5.05. The van der Waals surface area contributed by atoms with E-state index in [2.05, 4.69) is 5.32 Å². The van der Waals surface area contributed by atoms with Crippen LogP contribution in [0.5, 0.6) is 0 Å². The first-order valence-electron chi connectivity index (χ1n) is 6.66. The Kier molecular flexibility index (Phi) is 4.74. The van der Waals surface area contributed by atoms with Gasteiger partial charge in [0.1, 0.15) is 5.82 Å². The van der Waals surface area contributed by atoms with Crippen LogP contribution in [-0.4, -0.2) is 14.3 Å². The van der Waals surface area contributed by atoms with Gasteiger partial charge in [-0.05, 0) is 43.9 Å². The third-order valence-corrected chi connectivity index (χ3v) is 4.15. The molecule has 5 nitrogen and oxygen atoms in total. The van der Waals surface area contributed by atoms with Crippen molar-refractivity contribution in [3.63, 3.8) is 0 Å². The van der Waals surface area contributed by atoms with E-state index in [4.69, 9.17) is 5.14 Å². The second kappa shape index (κ2) is 6.36. The third-order valence-electron chi connectivity index (χ3n) is 3.26. The van der Waals surface area contributed by atoms with Crippen LogP contribution in [0.2, 0.25) is 0 Å². The molecule has 0 spiro atoms. The number of hydrogen-bond acceptors (Lipinski definition) is 3. The molecule has 1 aromatic rings. The summed E-state index contributed by atoms with van der Waals surface area (Å²) in [4.78, 5) is 11.5. The Morgan fingerprint density at radius 3 is 2.67 bits per heavy atom. The lowest BCUT2D eigenvalue weighted by Gasteiger charge is -2.13. The molecule has 0 fully saturated rings. The van der Waals surface area contributed by atoms with Crippen molar-refractivity contribution in [2.24, 2.45) is 5.14 Å². The Hall–Kier alpha value is -1.73. The number of hydrogen-bond donors (Lipinski definition) is 2. The summed E-state index contributed by atoms with van der Waals surface area (Å²) in [5, 5.41) is 7.46. The predicted octanol–water partition coefficient (Wildman–Crippen LogP) is 2.30. The number of amides is 1. The van der Waals surface area contributed by atoms with Crippen LogP contribution in [0.4, 0.5) is 10.1 Å². The molecular weight excluding hydrogens is 295 g/mol. The van der Waals surface area contributed by atoms with Crippen LogP contribution in [0.25, 0.3) is 0 Å². The second-order valence-corrected chi connectivity index (χ2v) is 6.62. The summed E-state index contributed by atoms with van der Waals surface area (Å²) in [5.41, 5.74) is 1.14. The predicted molar refractivity (Wildman–Crippen MR) is 77.6 cm³/mol. The van der Waals surface area contributed by atoms with Gasteiger partial charge in [0.25, 0.3) is 0 Å². The Morgan fingerprint density at radius 1 is 1.29 bits per heavy atom. The van der Waals surface area contributed by atoms with E-state index < -0.39 is 15.8 Å². The summed E-state index contributed by atoms with van der Waals surface area (Å²) in [5.74, 6) is -1.07. The molecule has 0 radical (unpaired) electrons. The highest BCUT2D eigenvalue weighted by atomic mass is 32.2. The lowest BCUT2D eigenvalue weighted by atomic mass is 9.97. The fourth-order valence-corrected chi connectivity index (χ4v) is 2.84. The number of anilines is 1. The third kappa shape index (κ3) is 4.64. The van der Waals surface area contributed by atoms with E-state index >= 15 is 0 Å². The summed E-state index contributed by atoms with van der Waals surface area (Å²) in [6.45, 7) is 0. The van der Waals surface area contributed by atoms with Gasteiger partial charge in [0.05, 0.1) is 4.90 Å². The van der Waals surface area contributed by atoms with E-state index in [1.807, 2.05) is 6.08 Å². The molecule has 7 heteroatoms. The normalized spacial score (nSPS) is 15.4. The number of carbonyl (C=O) groups is 1. The van der Waals surface area contributed by atoms with Crippen molar-refractivity contribution in [1.29, 1.82) is 0 Å². The van der Waals surface area contributed by atoms with Gasteiger partial charge < -0.3 is 5.32 Å². The first-order valence-corrected chi connectivity index (χ1v) is 8.20. The molecule has 0 bridgehead atoms. The van der Waals surface area contributed by atoms with Crippen molar-refractivity contribution < 1.29 is 17.6 Å². The number of nitrogens with one attached hydrogen (secondary N) is 1. The molecule has 0 heterocycles. The van der Waals surface area contributed by atoms with Gasteiger partial charge in [0.15, 0.2) is 0 Å². The summed E-state index contributed by atoms with van der Waals surface area (Å²) >= 11 is 0. The SMILES string of the molecule is NS(=O)(=O)c1cc(F)cc(NC(=O)CC2=CCCCC2)c1. The number of halogens is 1. The van der Waals surface area contributed by atoms with Gasteiger partial charge >= 0.3 is 0 Å². The van der Waals surface area contributed by atoms with Crippen molar-refractivity contribution in [1.82, 2.24) is 0 Å². The molecule has 1 amide bonds. The highest BCUT2D eigenvalue weighted by molar-refractivity contribution is 7.89.